The zero-order valence-corrected chi connectivity index (χ0v) is 14.1. The van der Waals surface area contributed by atoms with E-state index in [0.717, 1.165) is 18.4 Å². The van der Waals surface area contributed by atoms with Gasteiger partial charge in [-0.15, -0.1) is 0 Å². The highest BCUT2D eigenvalue weighted by Gasteiger charge is 2.59. The number of benzene rings is 1. The SMILES string of the molecule is CC1(C(O)(Cn2cncn2)C2=NOC(c3ccc(Cl)cc3)C2)CC1. The van der Waals surface area contributed by atoms with Crippen molar-refractivity contribution in [3.05, 3.63) is 47.5 Å². The van der Waals surface area contributed by atoms with Crippen LogP contribution in [0.5, 0.6) is 0 Å². The lowest BCUT2D eigenvalue weighted by molar-refractivity contribution is 0.0200. The van der Waals surface area contributed by atoms with Crippen LogP contribution in [-0.2, 0) is 11.4 Å². The largest absolute Gasteiger partial charge is 0.387 e. The molecular weight excluding hydrogens is 328 g/mol. The van der Waals surface area contributed by atoms with Crippen LogP contribution < -0.4 is 0 Å². The summed E-state index contributed by atoms with van der Waals surface area (Å²) in [5.41, 5.74) is 0.401. The highest BCUT2D eigenvalue weighted by atomic mass is 35.5. The Kier molecular flexibility index (Phi) is 3.62. The van der Waals surface area contributed by atoms with Gasteiger partial charge in [-0.2, -0.15) is 5.10 Å². The topological polar surface area (TPSA) is 72.5 Å². The van der Waals surface area contributed by atoms with Crippen LogP contribution in [0, 0.1) is 5.41 Å². The molecule has 2 aromatic rings. The van der Waals surface area contributed by atoms with Crippen molar-refractivity contribution in [3.63, 3.8) is 0 Å². The molecule has 0 bridgehead atoms. The smallest absolute Gasteiger partial charge is 0.158 e. The second-order valence-corrected chi connectivity index (χ2v) is 7.34. The summed E-state index contributed by atoms with van der Waals surface area (Å²) in [6.07, 6.45) is 5.37. The number of halogens is 1. The summed E-state index contributed by atoms with van der Waals surface area (Å²) in [6.45, 7) is 2.42. The van der Waals surface area contributed by atoms with Gasteiger partial charge in [0.15, 0.2) is 6.10 Å². The van der Waals surface area contributed by atoms with Crippen molar-refractivity contribution >= 4 is 17.3 Å². The van der Waals surface area contributed by atoms with E-state index in [9.17, 15) is 5.11 Å². The second-order valence-electron chi connectivity index (χ2n) is 6.90. The average molecular weight is 347 g/mol. The third-order valence-corrected chi connectivity index (χ3v) is 5.50. The van der Waals surface area contributed by atoms with E-state index >= 15 is 0 Å². The molecule has 0 radical (unpaired) electrons. The number of hydrogen-bond donors (Lipinski definition) is 1. The van der Waals surface area contributed by atoms with E-state index in [1.165, 1.54) is 6.33 Å². The lowest BCUT2D eigenvalue weighted by Crippen LogP contribution is -2.49. The zero-order valence-electron chi connectivity index (χ0n) is 13.4. The van der Waals surface area contributed by atoms with E-state index in [-0.39, 0.29) is 11.5 Å². The summed E-state index contributed by atoms with van der Waals surface area (Å²) in [5.74, 6) is 0. The van der Waals surface area contributed by atoms with E-state index in [1.54, 1.807) is 11.0 Å². The molecule has 4 rings (SSSR count). The van der Waals surface area contributed by atoms with E-state index in [4.69, 9.17) is 16.4 Å². The number of hydrogen-bond acceptors (Lipinski definition) is 5. The molecule has 1 aromatic carbocycles. The number of aromatic nitrogens is 3. The molecule has 1 N–H and O–H groups in total. The van der Waals surface area contributed by atoms with Gasteiger partial charge in [0.25, 0.3) is 0 Å². The Morgan fingerprint density at radius 1 is 1.38 bits per heavy atom. The maximum Gasteiger partial charge on any atom is 0.158 e. The Hall–Kier alpha value is -1.92. The van der Waals surface area contributed by atoms with E-state index in [0.29, 0.717) is 23.7 Å². The van der Waals surface area contributed by atoms with Gasteiger partial charge in [0.2, 0.25) is 0 Å². The molecule has 0 amide bonds. The minimum atomic E-state index is -1.08. The van der Waals surface area contributed by atoms with Gasteiger partial charge in [-0.3, -0.25) is 0 Å². The molecule has 6 nitrogen and oxygen atoms in total. The van der Waals surface area contributed by atoms with Gasteiger partial charge in [-0.1, -0.05) is 35.8 Å². The van der Waals surface area contributed by atoms with E-state index in [2.05, 4.69) is 22.2 Å². The Morgan fingerprint density at radius 3 is 2.75 bits per heavy atom. The molecule has 1 aliphatic heterocycles. The highest BCUT2D eigenvalue weighted by Crippen LogP contribution is 2.56. The van der Waals surface area contributed by atoms with Gasteiger partial charge in [0, 0.05) is 16.9 Å². The van der Waals surface area contributed by atoms with Gasteiger partial charge in [-0.05, 0) is 30.5 Å². The Balaban J connectivity index is 1.57. The van der Waals surface area contributed by atoms with Gasteiger partial charge >= 0.3 is 0 Å². The summed E-state index contributed by atoms with van der Waals surface area (Å²) >= 11 is 5.94. The molecule has 2 aliphatic rings. The molecule has 126 valence electrons. The Bertz CT molecular complexity index is 755. The van der Waals surface area contributed by atoms with Crippen LogP contribution in [-0.4, -0.2) is 31.2 Å². The van der Waals surface area contributed by atoms with Crippen LogP contribution >= 0.6 is 11.6 Å². The second kappa shape index (κ2) is 5.57. The summed E-state index contributed by atoms with van der Waals surface area (Å²) in [6, 6.07) is 7.53. The van der Waals surface area contributed by atoms with Crippen molar-refractivity contribution in [1.29, 1.82) is 0 Å². The van der Waals surface area contributed by atoms with Crippen molar-refractivity contribution in [3.8, 4) is 0 Å². The molecule has 7 heteroatoms. The Labute approximate surface area is 145 Å². The maximum absolute atomic E-state index is 11.5. The predicted octanol–water partition coefficient (Wildman–Crippen LogP) is 2.98. The molecule has 1 aromatic heterocycles. The van der Waals surface area contributed by atoms with Crippen molar-refractivity contribution in [2.24, 2.45) is 10.6 Å². The van der Waals surface area contributed by atoms with Gasteiger partial charge in [0.05, 0.1) is 12.3 Å². The van der Waals surface area contributed by atoms with Crippen LogP contribution in [0.1, 0.15) is 37.9 Å². The van der Waals surface area contributed by atoms with Gasteiger partial charge < -0.3 is 9.94 Å². The first-order chi connectivity index (χ1) is 11.5. The van der Waals surface area contributed by atoms with Crippen molar-refractivity contribution in [2.45, 2.75) is 44.4 Å². The fourth-order valence-electron chi connectivity index (χ4n) is 3.26. The molecule has 2 unspecified atom stereocenters. The molecule has 1 saturated carbocycles. The monoisotopic (exact) mass is 346 g/mol. The fraction of sp³-hybridized carbons (Fsp3) is 0.471. The minimum absolute atomic E-state index is 0.193. The quantitative estimate of drug-likeness (QED) is 0.903. The molecule has 0 saturated heterocycles. The normalized spacial score (nSPS) is 24.1. The first-order valence-electron chi connectivity index (χ1n) is 8.04. The molecule has 1 fully saturated rings. The van der Waals surface area contributed by atoms with Crippen LogP contribution in [0.25, 0.3) is 0 Å². The van der Waals surface area contributed by atoms with Crippen LogP contribution in [0.3, 0.4) is 0 Å². The molecular formula is C17H19ClN4O2. The first kappa shape index (κ1) is 15.6. The lowest BCUT2D eigenvalue weighted by Gasteiger charge is -2.33. The number of nitrogens with zero attached hydrogens (tertiary/aromatic N) is 4. The van der Waals surface area contributed by atoms with Crippen LogP contribution in [0.2, 0.25) is 5.02 Å². The summed E-state index contributed by atoms with van der Waals surface area (Å²) in [5, 5.41) is 20.5. The van der Waals surface area contributed by atoms with Crippen LogP contribution in [0.15, 0.2) is 42.1 Å². The van der Waals surface area contributed by atoms with Crippen molar-refractivity contribution < 1.29 is 9.94 Å². The summed E-state index contributed by atoms with van der Waals surface area (Å²) in [4.78, 5) is 9.58. The minimum Gasteiger partial charge on any atom is -0.387 e. The molecule has 24 heavy (non-hydrogen) atoms. The fourth-order valence-corrected chi connectivity index (χ4v) is 3.38. The zero-order chi connectivity index (χ0) is 16.8. The maximum atomic E-state index is 11.5. The highest BCUT2D eigenvalue weighted by molar-refractivity contribution is 6.30. The number of aliphatic hydroxyl groups is 1. The third-order valence-electron chi connectivity index (χ3n) is 5.24. The average Bonchev–Trinajstić information content (AvgIpc) is 2.99. The summed E-state index contributed by atoms with van der Waals surface area (Å²) in [7, 11) is 0. The molecule has 2 atom stereocenters. The standard InChI is InChI=1S/C17H19ClN4O2/c1-16(6-7-16)17(23,9-22-11-19-10-20-22)15-8-14(24-21-15)12-2-4-13(18)5-3-12/h2-5,10-11,14,23H,6-9H2,1H3. The Morgan fingerprint density at radius 2 is 2.12 bits per heavy atom. The molecule has 2 heterocycles. The summed E-state index contributed by atoms with van der Waals surface area (Å²) < 4.78 is 1.65. The van der Waals surface area contributed by atoms with Gasteiger partial charge in [-0.25, -0.2) is 9.67 Å². The lowest BCUT2D eigenvalue weighted by atomic mass is 9.79. The third kappa shape index (κ3) is 2.59. The van der Waals surface area contributed by atoms with E-state index < -0.39 is 5.60 Å². The van der Waals surface area contributed by atoms with Crippen molar-refractivity contribution in [1.82, 2.24) is 14.8 Å². The van der Waals surface area contributed by atoms with Crippen LogP contribution in [0.4, 0.5) is 0 Å². The molecule has 1 aliphatic carbocycles. The van der Waals surface area contributed by atoms with Crippen molar-refractivity contribution in [2.75, 3.05) is 0 Å². The first-order valence-corrected chi connectivity index (χ1v) is 8.41. The van der Waals surface area contributed by atoms with Gasteiger partial charge in [0.1, 0.15) is 18.3 Å². The molecule has 0 spiro atoms. The van der Waals surface area contributed by atoms with E-state index in [1.807, 2.05) is 24.3 Å². The number of rotatable bonds is 5. The number of oxime groups is 1. The predicted molar refractivity (Wildman–Crippen MR) is 89.6 cm³/mol.